The first-order chi connectivity index (χ1) is 10.4. The van der Waals surface area contributed by atoms with E-state index in [1.165, 1.54) is 56.3 Å². The Morgan fingerprint density at radius 3 is 2.19 bits per heavy atom. The number of piperidine rings is 1. The van der Waals surface area contributed by atoms with E-state index in [2.05, 4.69) is 65.6 Å². The van der Waals surface area contributed by atoms with E-state index in [0.717, 1.165) is 6.04 Å². The molecular weight excluding hydrogens is 254 g/mol. The quantitative estimate of drug-likeness (QED) is 0.787. The molecule has 110 valence electrons. The molecule has 1 unspecified atom stereocenters. The van der Waals surface area contributed by atoms with Crippen molar-refractivity contribution in [3.05, 3.63) is 71.8 Å². The van der Waals surface area contributed by atoms with Crippen LogP contribution in [0.25, 0.3) is 0 Å². The fourth-order valence-corrected chi connectivity index (χ4v) is 3.39. The Labute approximate surface area is 128 Å². The van der Waals surface area contributed by atoms with E-state index in [4.69, 9.17) is 0 Å². The van der Waals surface area contributed by atoms with Gasteiger partial charge in [-0.05, 0) is 43.4 Å². The lowest BCUT2D eigenvalue weighted by Crippen LogP contribution is -2.42. The standard InChI is InChI=1S/C20H25N/c1-3-9-18(10-4-1)14-16-21-15-8-7-13-20(21)17-19-11-5-2-6-12-19/h1-6,9-12,20H,7-8,13-17H2. The van der Waals surface area contributed by atoms with Crippen LogP contribution in [0.2, 0.25) is 0 Å². The summed E-state index contributed by atoms with van der Waals surface area (Å²) >= 11 is 0. The van der Waals surface area contributed by atoms with Crippen LogP contribution in [0.15, 0.2) is 60.7 Å². The van der Waals surface area contributed by atoms with E-state index in [0.29, 0.717) is 0 Å². The zero-order valence-electron chi connectivity index (χ0n) is 12.7. The molecule has 2 aromatic rings. The van der Waals surface area contributed by atoms with Crippen LogP contribution >= 0.6 is 0 Å². The molecule has 1 fully saturated rings. The van der Waals surface area contributed by atoms with Gasteiger partial charge in [-0.3, -0.25) is 4.90 Å². The van der Waals surface area contributed by atoms with Gasteiger partial charge in [0.2, 0.25) is 0 Å². The monoisotopic (exact) mass is 279 g/mol. The minimum atomic E-state index is 0.727. The SMILES string of the molecule is c1ccc(CCN2CCCCC2Cc2ccccc2)cc1. The lowest BCUT2D eigenvalue weighted by Gasteiger charge is -2.36. The maximum atomic E-state index is 2.71. The summed E-state index contributed by atoms with van der Waals surface area (Å²) in [6.45, 7) is 2.46. The molecule has 1 aliphatic rings. The van der Waals surface area contributed by atoms with Gasteiger partial charge in [-0.2, -0.15) is 0 Å². The molecule has 1 atom stereocenters. The lowest BCUT2D eigenvalue weighted by atomic mass is 9.95. The van der Waals surface area contributed by atoms with Crippen LogP contribution in [0, 0.1) is 0 Å². The molecule has 0 aromatic heterocycles. The molecule has 0 amide bonds. The maximum Gasteiger partial charge on any atom is 0.0136 e. The molecule has 0 N–H and O–H groups in total. The minimum Gasteiger partial charge on any atom is -0.300 e. The summed E-state index contributed by atoms with van der Waals surface area (Å²) in [5.41, 5.74) is 2.94. The predicted molar refractivity (Wildman–Crippen MR) is 89.5 cm³/mol. The Balaban J connectivity index is 1.59. The fraction of sp³-hybridized carbons (Fsp3) is 0.400. The fourth-order valence-electron chi connectivity index (χ4n) is 3.39. The molecule has 1 aliphatic heterocycles. The van der Waals surface area contributed by atoms with Crippen molar-refractivity contribution in [3.63, 3.8) is 0 Å². The van der Waals surface area contributed by atoms with Crippen LogP contribution in [0.4, 0.5) is 0 Å². The Morgan fingerprint density at radius 1 is 0.810 bits per heavy atom. The smallest absolute Gasteiger partial charge is 0.0136 e. The predicted octanol–water partition coefficient (Wildman–Crippen LogP) is 4.33. The van der Waals surface area contributed by atoms with Gasteiger partial charge in [0.05, 0.1) is 0 Å². The molecule has 3 rings (SSSR count). The van der Waals surface area contributed by atoms with Gasteiger partial charge < -0.3 is 0 Å². The average Bonchev–Trinajstić information content (AvgIpc) is 2.56. The van der Waals surface area contributed by atoms with Crippen molar-refractivity contribution < 1.29 is 0 Å². The third kappa shape index (κ3) is 4.18. The second-order valence-electron chi connectivity index (χ2n) is 6.11. The van der Waals surface area contributed by atoms with Crippen LogP contribution < -0.4 is 0 Å². The van der Waals surface area contributed by atoms with Crippen LogP contribution in [0.1, 0.15) is 30.4 Å². The Morgan fingerprint density at radius 2 is 1.48 bits per heavy atom. The molecule has 1 heteroatoms. The summed E-state index contributed by atoms with van der Waals surface area (Å²) in [7, 11) is 0. The van der Waals surface area contributed by atoms with Gasteiger partial charge in [0, 0.05) is 12.6 Å². The molecule has 1 heterocycles. The van der Waals surface area contributed by atoms with Gasteiger partial charge in [-0.1, -0.05) is 67.1 Å². The molecule has 1 saturated heterocycles. The first kappa shape index (κ1) is 14.3. The summed E-state index contributed by atoms with van der Waals surface area (Å²) in [6.07, 6.45) is 6.48. The third-order valence-electron chi connectivity index (χ3n) is 4.59. The Kier molecular flexibility index (Phi) is 5.07. The van der Waals surface area contributed by atoms with Crippen molar-refractivity contribution in [2.45, 2.75) is 38.1 Å². The zero-order valence-corrected chi connectivity index (χ0v) is 12.7. The molecule has 0 radical (unpaired) electrons. The van der Waals surface area contributed by atoms with Crippen molar-refractivity contribution in [2.24, 2.45) is 0 Å². The van der Waals surface area contributed by atoms with Crippen LogP contribution in [0.5, 0.6) is 0 Å². The van der Waals surface area contributed by atoms with Gasteiger partial charge in [0.1, 0.15) is 0 Å². The molecule has 0 spiro atoms. The molecule has 1 nitrogen and oxygen atoms in total. The maximum absolute atomic E-state index is 2.71. The molecule has 0 aliphatic carbocycles. The highest BCUT2D eigenvalue weighted by Crippen LogP contribution is 2.21. The zero-order chi connectivity index (χ0) is 14.3. The molecule has 21 heavy (non-hydrogen) atoms. The lowest BCUT2D eigenvalue weighted by molar-refractivity contribution is 0.149. The number of hydrogen-bond acceptors (Lipinski definition) is 1. The van der Waals surface area contributed by atoms with Crippen LogP contribution in [-0.2, 0) is 12.8 Å². The normalized spacial score (nSPS) is 19.5. The van der Waals surface area contributed by atoms with Crippen molar-refractivity contribution >= 4 is 0 Å². The van der Waals surface area contributed by atoms with Crippen molar-refractivity contribution in [1.29, 1.82) is 0 Å². The summed E-state index contributed by atoms with van der Waals surface area (Å²) in [5.74, 6) is 0. The summed E-state index contributed by atoms with van der Waals surface area (Å²) in [5, 5.41) is 0. The van der Waals surface area contributed by atoms with E-state index in [1.807, 2.05) is 0 Å². The molecular formula is C20H25N. The van der Waals surface area contributed by atoms with E-state index in [9.17, 15) is 0 Å². The van der Waals surface area contributed by atoms with E-state index >= 15 is 0 Å². The minimum absolute atomic E-state index is 0.727. The highest BCUT2D eigenvalue weighted by atomic mass is 15.2. The topological polar surface area (TPSA) is 3.24 Å². The summed E-state index contributed by atoms with van der Waals surface area (Å²) < 4.78 is 0. The number of nitrogens with zero attached hydrogens (tertiary/aromatic N) is 1. The molecule has 2 aromatic carbocycles. The van der Waals surface area contributed by atoms with E-state index in [1.54, 1.807) is 0 Å². The van der Waals surface area contributed by atoms with Gasteiger partial charge in [-0.25, -0.2) is 0 Å². The Hall–Kier alpha value is -1.60. The van der Waals surface area contributed by atoms with Gasteiger partial charge in [-0.15, -0.1) is 0 Å². The van der Waals surface area contributed by atoms with Crippen molar-refractivity contribution in [3.8, 4) is 0 Å². The van der Waals surface area contributed by atoms with Gasteiger partial charge >= 0.3 is 0 Å². The second-order valence-corrected chi connectivity index (χ2v) is 6.11. The number of likely N-dealkylation sites (tertiary alicyclic amines) is 1. The molecule has 0 saturated carbocycles. The number of rotatable bonds is 5. The summed E-state index contributed by atoms with van der Waals surface area (Å²) in [6, 6.07) is 22.6. The van der Waals surface area contributed by atoms with Gasteiger partial charge in [0.15, 0.2) is 0 Å². The highest BCUT2D eigenvalue weighted by molar-refractivity contribution is 5.17. The highest BCUT2D eigenvalue weighted by Gasteiger charge is 2.22. The van der Waals surface area contributed by atoms with Crippen LogP contribution in [-0.4, -0.2) is 24.0 Å². The first-order valence-corrected chi connectivity index (χ1v) is 8.24. The van der Waals surface area contributed by atoms with Crippen molar-refractivity contribution in [1.82, 2.24) is 4.90 Å². The average molecular weight is 279 g/mol. The van der Waals surface area contributed by atoms with E-state index in [-0.39, 0.29) is 0 Å². The third-order valence-corrected chi connectivity index (χ3v) is 4.59. The Bertz CT molecular complexity index is 520. The van der Waals surface area contributed by atoms with Gasteiger partial charge in [0.25, 0.3) is 0 Å². The number of hydrogen-bond donors (Lipinski definition) is 0. The first-order valence-electron chi connectivity index (χ1n) is 8.24. The molecule has 0 bridgehead atoms. The van der Waals surface area contributed by atoms with E-state index < -0.39 is 0 Å². The van der Waals surface area contributed by atoms with Crippen molar-refractivity contribution in [2.75, 3.05) is 13.1 Å². The second kappa shape index (κ2) is 7.42. The summed E-state index contributed by atoms with van der Waals surface area (Å²) in [4.78, 5) is 2.71. The number of benzene rings is 2. The van der Waals surface area contributed by atoms with Crippen LogP contribution in [0.3, 0.4) is 0 Å². The largest absolute Gasteiger partial charge is 0.300 e.